The van der Waals surface area contributed by atoms with E-state index in [0.717, 1.165) is 0 Å². The third kappa shape index (κ3) is 2.88. The number of amides is 1. The van der Waals surface area contributed by atoms with Gasteiger partial charge in [0, 0.05) is 29.1 Å². The number of hydrogen-bond acceptors (Lipinski definition) is 4. The molecule has 3 aromatic heterocycles. The Bertz CT molecular complexity index is 1370. The number of anilines is 1. The summed E-state index contributed by atoms with van der Waals surface area (Å²) in [5.74, 6) is 1.02. The number of aromatic nitrogens is 5. The molecule has 1 aromatic carbocycles. The number of imidazole rings is 1. The number of H-pyrrole nitrogens is 1. The number of nitrogens with zero attached hydrogens (tertiary/aromatic N) is 4. The van der Waals surface area contributed by atoms with Gasteiger partial charge in [-0.05, 0) is 6.42 Å². The van der Waals surface area contributed by atoms with E-state index in [0.29, 0.717) is 27.8 Å². The van der Waals surface area contributed by atoms with Gasteiger partial charge in [0.1, 0.15) is 12.0 Å². The van der Waals surface area contributed by atoms with Gasteiger partial charge in [0.15, 0.2) is 11.5 Å². The zero-order valence-corrected chi connectivity index (χ0v) is 16.0. The van der Waals surface area contributed by atoms with Crippen LogP contribution in [0, 0.1) is 24.1 Å². The molecular weight excluding hydrogens is 414 g/mol. The predicted octanol–water partition coefficient (Wildman–Crippen LogP) is 3.54. The lowest BCUT2D eigenvalue weighted by Crippen LogP contribution is -2.15. The van der Waals surface area contributed by atoms with Gasteiger partial charge in [0.25, 0.3) is 0 Å². The van der Waals surface area contributed by atoms with Crippen LogP contribution in [0.5, 0.6) is 0 Å². The van der Waals surface area contributed by atoms with Crippen LogP contribution < -0.4 is 5.32 Å². The van der Waals surface area contributed by atoms with E-state index in [1.807, 2.05) is 0 Å². The van der Waals surface area contributed by atoms with Crippen molar-refractivity contribution in [2.24, 2.45) is 5.92 Å². The van der Waals surface area contributed by atoms with E-state index in [1.165, 1.54) is 12.4 Å². The summed E-state index contributed by atoms with van der Waals surface area (Å²) in [7, 11) is 0. The number of halogens is 3. The van der Waals surface area contributed by atoms with Gasteiger partial charge in [0.05, 0.1) is 40.7 Å². The lowest BCUT2D eigenvalue weighted by atomic mass is 10.0. The standard InChI is InChI=1S/C20H13ClF2N6O/c1-2-3-9-18(23)17(21)16(11-5-25-28-19(9)11)13-7-29-8-14(26-15(29)6-24-13)27-20(30)10-4-12(10)22/h1,5-8,10,12H,3-4H2,(H,25,28)(H,27,30). The molecule has 3 heterocycles. The Balaban J connectivity index is 1.58. The van der Waals surface area contributed by atoms with Gasteiger partial charge in [-0.1, -0.05) is 11.6 Å². The molecule has 2 unspecified atom stereocenters. The Labute approximate surface area is 173 Å². The summed E-state index contributed by atoms with van der Waals surface area (Å²) in [6, 6.07) is 0. The monoisotopic (exact) mass is 426 g/mol. The Morgan fingerprint density at radius 3 is 2.97 bits per heavy atom. The highest BCUT2D eigenvalue weighted by Gasteiger charge is 2.43. The molecule has 1 aliphatic rings. The number of terminal acetylenes is 1. The van der Waals surface area contributed by atoms with Crippen LogP contribution in [-0.4, -0.2) is 36.6 Å². The van der Waals surface area contributed by atoms with Gasteiger partial charge in [-0.25, -0.2) is 13.8 Å². The van der Waals surface area contributed by atoms with E-state index in [1.54, 1.807) is 16.8 Å². The minimum atomic E-state index is -1.10. The van der Waals surface area contributed by atoms with Crippen LogP contribution in [-0.2, 0) is 11.2 Å². The minimum absolute atomic E-state index is 0.0578. The normalized spacial score (nSPS) is 17.9. The van der Waals surface area contributed by atoms with Crippen LogP contribution >= 0.6 is 11.6 Å². The summed E-state index contributed by atoms with van der Waals surface area (Å²) in [5.41, 5.74) is 1.91. The molecule has 0 aliphatic heterocycles. The third-order valence-electron chi connectivity index (χ3n) is 5.06. The molecule has 0 radical (unpaired) electrons. The second-order valence-corrected chi connectivity index (χ2v) is 7.41. The smallest absolute Gasteiger partial charge is 0.231 e. The van der Waals surface area contributed by atoms with Crippen LogP contribution in [0.1, 0.15) is 12.0 Å². The fourth-order valence-electron chi connectivity index (χ4n) is 3.44. The molecular formula is C20H13ClF2N6O. The Morgan fingerprint density at radius 1 is 1.43 bits per heavy atom. The second kappa shape index (κ2) is 6.78. The summed E-state index contributed by atoms with van der Waals surface area (Å²) in [4.78, 5) is 20.5. The molecule has 1 saturated carbocycles. The van der Waals surface area contributed by atoms with Crippen molar-refractivity contribution in [3.8, 4) is 23.6 Å². The van der Waals surface area contributed by atoms with Gasteiger partial charge in [-0.15, -0.1) is 12.3 Å². The van der Waals surface area contributed by atoms with Crippen molar-refractivity contribution in [3.63, 3.8) is 0 Å². The maximum absolute atomic E-state index is 14.9. The minimum Gasteiger partial charge on any atom is -0.309 e. The summed E-state index contributed by atoms with van der Waals surface area (Å²) >= 11 is 6.34. The predicted molar refractivity (Wildman–Crippen MR) is 107 cm³/mol. The van der Waals surface area contributed by atoms with E-state index < -0.39 is 23.8 Å². The number of aromatic amines is 1. The molecule has 1 amide bonds. The van der Waals surface area contributed by atoms with Crippen molar-refractivity contribution in [1.82, 2.24) is 24.6 Å². The second-order valence-electron chi connectivity index (χ2n) is 7.03. The molecule has 1 fully saturated rings. The Hall–Kier alpha value is -3.51. The van der Waals surface area contributed by atoms with Crippen LogP contribution in [0.15, 0.2) is 24.8 Å². The van der Waals surface area contributed by atoms with Crippen LogP contribution in [0.3, 0.4) is 0 Å². The average molecular weight is 427 g/mol. The van der Waals surface area contributed by atoms with Crippen molar-refractivity contribution in [2.45, 2.75) is 19.0 Å². The van der Waals surface area contributed by atoms with Crippen LogP contribution in [0.25, 0.3) is 27.8 Å². The van der Waals surface area contributed by atoms with E-state index in [9.17, 15) is 13.6 Å². The Morgan fingerprint density at radius 2 is 2.23 bits per heavy atom. The molecule has 0 saturated heterocycles. The quantitative estimate of drug-likeness (QED) is 0.489. The first-order valence-corrected chi connectivity index (χ1v) is 9.42. The number of nitrogens with one attached hydrogen (secondary N) is 2. The number of benzene rings is 1. The molecule has 5 rings (SSSR count). The van der Waals surface area contributed by atoms with Gasteiger partial charge in [-0.2, -0.15) is 5.10 Å². The fourth-order valence-corrected chi connectivity index (χ4v) is 3.75. The molecule has 0 spiro atoms. The lowest BCUT2D eigenvalue weighted by Gasteiger charge is -2.10. The number of carbonyl (C=O) groups excluding carboxylic acids is 1. The van der Waals surface area contributed by atoms with Crippen molar-refractivity contribution < 1.29 is 13.6 Å². The van der Waals surface area contributed by atoms with Crippen LogP contribution in [0.4, 0.5) is 14.6 Å². The molecule has 30 heavy (non-hydrogen) atoms. The number of alkyl halides is 1. The number of hydrogen-bond donors (Lipinski definition) is 2. The topological polar surface area (TPSA) is 88.0 Å². The maximum atomic E-state index is 14.9. The zero-order chi connectivity index (χ0) is 21.0. The first-order valence-electron chi connectivity index (χ1n) is 9.04. The highest BCUT2D eigenvalue weighted by molar-refractivity contribution is 6.35. The molecule has 150 valence electrons. The number of carbonyl (C=O) groups is 1. The summed E-state index contributed by atoms with van der Waals surface area (Å²) in [6.07, 6.45) is 10.7. The lowest BCUT2D eigenvalue weighted by molar-refractivity contribution is -0.117. The van der Waals surface area contributed by atoms with Crippen LogP contribution in [0.2, 0.25) is 5.02 Å². The number of rotatable bonds is 4. The van der Waals surface area contributed by atoms with Crippen molar-refractivity contribution >= 4 is 39.9 Å². The maximum Gasteiger partial charge on any atom is 0.231 e. The SMILES string of the molecule is C#CCc1c(F)c(Cl)c(-c2cn3cc(NC(=O)C4CC4F)nc3cn2)c2cn[nH]c12. The zero-order valence-electron chi connectivity index (χ0n) is 15.3. The molecule has 10 heteroatoms. The van der Waals surface area contributed by atoms with Crippen molar-refractivity contribution in [3.05, 3.63) is 41.2 Å². The van der Waals surface area contributed by atoms with Gasteiger partial charge in [-0.3, -0.25) is 14.9 Å². The van der Waals surface area contributed by atoms with Crippen molar-refractivity contribution in [1.29, 1.82) is 0 Å². The highest BCUT2D eigenvalue weighted by atomic mass is 35.5. The van der Waals surface area contributed by atoms with Crippen molar-refractivity contribution in [2.75, 3.05) is 5.32 Å². The summed E-state index contributed by atoms with van der Waals surface area (Å²) in [6.45, 7) is 0. The molecule has 2 N–H and O–H groups in total. The first-order chi connectivity index (χ1) is 14.5. The van der Waals surface area contributed by atoms with Gasteiger partial charge < -0.3 is 9.72 Å². The molecule has 0 bridgehead atoms. The largest absolute Gasteiger partial charge is 0.309 e. The molecule has 2 atom stereocenters. The highest BCUT2D eigenvalue weighted by Crippen LogP contribution is 2.38. The molecule has 1 aliphatic carbocycles. The van der Waals surface area contributed by atoms with E-state index in [2.05, 4.69) is 31.4 Å². The number of fused-ring (bicyclic) bond motifs is 2. The van der Waals surface area contributed by atoms with E-state index in [-0.39, 0.29) is 29.2 Å². The summed E-state index contributed by atoms with van der Waals surface area (Å²) in [5, 5.41) is 9.82. The average Bonchev–Trinajstić information content (AvgIpc) is 3.11. The van der Waals surface area contributed by atoms with Gasteiger partial charge in [0.2, 0.25) is 5.91 Å². The summed E-state index contributed by atoms with van der Waals surface area (Å²) < 4.78 is 29.6. The van der Waals surface area contributed by atoms with E-state index >= 15 is 0 Å². The van der Waals surface area contributed by atoms with Gasteiger partial charge >= 0.3 is 0 Å². The Kier molecular flexibility index (Phi) is 4.18. The fraction of sp³-hybridized carbons (Fsp3) is 0.200. The molecule has 4 aromatic rings. The van der Waals surface area contributed by atoms with E-state index in [4.69, 9.17) is 18.0 Å². The first kappa shape index (κ1) is 18.5. The molecule has 7 nitrogen and oxygen atoms in total. The third-order valence-corrected chi connectivity index (χ3v) is 5.42.